The molecule has 0 fully saturated rings. The summed E-state index contributed by atoms with van der Waals surface area (Å²) in [5.74, 6) is -0.456. The molecule has 1 amide bonds. The van der Waals surface area contributed by atoms with E-state index in [1.54, 1.807) is 6.92 Å². The summed E-state index contributed by atoms with van der Waals surface area (Å²) in [6, 6.07) is 5.68. The fourth-order valence-corrected chi connectivity index (χ4v) is 4.25. The molecule has 3 aromatic rings. The van der Waals surface area contributed by atoms with Crippen molar-refractivity contribution in [2.75, 3.05) is 16.3 Å². The number of nitrogens with zero attached hydrogens (tertiary/aromatic N) is 2. The van der Waals surface area contributed by atoms with Crippen molar-refractivity contribution in [3.8, 4) is 11.4 Å². The number of aryl methyl sites for hydroxylation is 1. The summed E-state index contributed by atoms with van der Waals surface area (Å²) in [5, 5.41) is 2.81. The molecule has 13 heteroatoms. The van der Waals surface area contributed by atoms with E-state index >= 15 is 0 Å². The molecule has 0 bridgehead atoms. The second kappa shape index (κ2) is 8.44. The Kier molecular flexibility index (Phi) is 6.25. The van der Waals surface area contributed by atoms with Crippen molar-refractivity contribution < 1.29 is 26.4 Å². The van der Waals surface area contributed by atoms with Crippen LogP contribution in [0.5, 0.6) is 0 Å². The van der Waals surface area contributed by atoms with Gasteiger partial charge in [-0.3, -0.25) is 9.52 Å². The molecule has 7 nitrogen and oxygen atoms in total. The zero-order valence-corrected chi connectivity index (χ0v) is 18.3. The Morgan fingerprint density at radius 3 is 2.29 bits per heavy atom. The van der Waals surface area contributed by atoms with Gasteiger partial charge in [0.05, 0.1) is 22.4 Å². The first-order valence-electron chi connectivity index (χ1n) is 8.41. The molecule has 2 N–H and O–H groups in total. The highest BCUT2D eigenvalue weighted by atomic mass is 35.5. The highest BCUT2D eigenvalue weighted by Gasteiger charge is 2.31. The van der Waals surface area contributed by atoms with E-state index in [1.807, 2.05) is 0 Å². The summed E-state index contributed by atoms with van der Waals surface area (Å²) in [6.45, 7) is 1.69. The summed E-state index contributed by atoms with van der Waals surface area (Å²) in [4.78, 5) is 21.0. The van der Waals surface area contributed by atoms with E-state index in [0.717, 1.165) is 17.6 Å². The second-order valence-corrected chi connectivity index (χ2v) is 9.87. The normalized spacial score (nSPS) is 11.9. The Labute approximate surface area is 184 Å². The molecule has 0 aliphatic rings. The molecule has 0 aliphatic carbocycles. The summed E-state index contributed by atoms with van der Waals surface area (Å²) < 4.78 is 63.1. The minimum absolute atomic E-state index is 0.0585. The van der Waals surface area contributed by atoms with E-state index in [4.69, 9.17) is 11.6 Å². The van der Waals surface area contributed by atoms with Crippen molar-refractivity contribution in [1.82, 2.24) is 9.97 Å². The standard InChI is InChI=1S/C18H14ClF3N4O3S2/c1-9-14(16-23-7-10(8-24-16)18(20,21)22)6-15(30-9)17(27)25-12-3-11(19)4-13(5-12)26-31(2,28)29/h3-8,26H,1-2H3,(H,25,27). The molecule has 1 aromatic carbocycles. The van der Waals surface area contributed by atoms with Crippen molar-refractivity contribution in [3.63, 3.8) is 0 Å². The lowest BCUT2D eigenvalue weighted by Gasteiger charge is -2.09. The third-order valence-corrected chi connectivity index (χ3v) is 5.69. The molecule has 31 heavy (non-hydrogen) atoms. The number of thiophene rings is 1. The lowest BCUT2D eigenvalue weighted by molar-refractivity contribution is -0.138. The number of aromatic nitrogens is 2. The molecule has 0 radical (unpaired) electrons. The average molecular weight is 491 g/mol. The van der Waals surface area contributed by atoms with E-state index in [1.165, 1.54) is 24.3 Å². The van der Waals surface area contributed by atoms with E-state index in [2.05, 4.69) is 20.0 Å². The third-order valence-electron chi connectivity index (χ3n) is 3.82. The zero-order chi connectivity index (χ0) is 23.0. The average Bonchev–Trinajstić information content (AvgIpc) is 3.01. The van der Waals surface area contributed by atoms with Gasteiger partial charge >= 0.3 is 6.18 Å². The maximum absolute atomic E-state index is 12.7. The molecule has 2 heterocycles. The monoisotopic (exact) mass is 490 g/mol. The molecule has 0 saturated heterocycles. The number of amides is 1. The van der Waals surface area contributed by atoms with Gasteiger partial charge in [0, 0.05) is 33.5 Å². The number of carbonyl (C=O) groups excluding carboxylic acids is 1. The van der Waals surface area contributed by atoms with Gasteiger partial charge in [0.2, 0.25) is 10.0 Å². The van der Waals surface area contributed by atoms with Crippen molar-refractivity contribution in [1.29, 1.82) is 0 Å². The van der Waals surface area contributed by atoms with Gasteiger partial charge in [-0.25, -0.2) is 18.4 Å². The van der Waals surface area contributed by atoms with Crippen LogP contribution in [0.1, 0.15) is 20.1 Å². The molecule has 164 valence electrons. The third kappa shape index (κ3) is 5.93. The van der Waals surface area contributed by atoms with Crippen LogP contribution in [0.2, 0.25) is 5.02 Å². The summed E-state index contributed by atoms with van der Waals surface area (Å²) in [5.41, 5.74) is -0.121. The van der Waals surface area contributed by atoms with Crippen LogP contribution >= 0.6 is 22.9 Å². The van der Waals surface area contributed by atoms with Crippen LogP contribution in [0.15, 0.2) is 36.7 Å². The number of benzene rings is 1. The van der Waals surface area contributed by atoms with Crippen molar-refractivity contribution in [2.45, 2.75) is 13.1 Å². The lowest BCUT2D eigenvalue weighted by atomic mass is 10.2. The first kappa shape index (κ1) is 23.0. The predicted molar refractivity (Wildman–Crippen MR) is 113 cm³/mol. The topological polar surface area (TPSA) is 101 Å². The number of rotatable bonds is 5. The number of hydrogen-bond acceptors (Lipinski definition) is 6. The SMILES string of the molecule is Cc1sc(C(=O)Nc2cc(Cl)cc(NS(C)(=O)=O)c2)cc1-c1ncc(C(F)(F)F)cn1. The number of sulfonamides is 1. The maximum Gasteiger partial charge on any atom is 0.419 e. The van der Waals surface area contributed by atoms with Crippen molar-refractivity contribution in [2.24, 2.45) is 0 Å². The zero-order valence-electron chi connectivity index (χ0n) is 15.9. The summed E-state index contributed by atoms with van der Waals surface area (Å²) >= 11 is 7.09. The minimum atomic E-state index is -4.55. The van der Waals surface area contributed by atoms with E-state index in [-0.39, 0.29) is 27.1 Å². The van der Waals surface area contributed by atoms with Gasteiger partial charge in [-0.05, 0) is 31.2 Å². The molecular weight excluding hydrogens is 477 g/mol. The quantitative estimate of drug-likeness (QED) is 0.534. The first-order valence-corrected chi connectivity index (χ1v) is 11.5. The first-order chi connectivity index (χ1) is 14.3. The van der Waals surface area contributed by atoms with Gasteiger partial charge in [0.25, 0.3) is 5.91 Å². The van der Waals surface area contributed by atoms with Crippen molar-refractivity contribution in [3.05, 3.63) is 57.0 Å². The molecule has 2 aromatic heterocycles. The maximum atomic E-state index is 12.7. The highest BCUT2D eigenvalue weighted by molar-refractivity contribution is 7.92. The fraction of sp³-hybridized carbons (Fsp3) is 0.167. The summed E-state index contributed by atoms with van der Waals surface area (Å²) in [7, 11) is -3.54. The van der Waals surface area contributed by atoms with Gasteiger partial charge in [-0.1, -0.05) is 11.6 Å². The van der Waals surface area contributed by atoms with E-state index in [0.29, 0.717) is 22.8 Å². The number of hydrogen-bond donors (Lipinski definition) is 2. The smallest absolute Gasteiger partial charge is 0.321 e. The molecule has 0 unspecified atom stereocenters. The Bertz CT molecular complexity index is 1240. The summed E-state index contributed by atoms with van der Waals surface area (Å²) in [6.07, 6.45) is -2.20. The van der Waals surface area contributed by atoms with E-state index < -0.39 is 27.7 Å². The minimum Gasteiger partial charge on any atom is -0.321 e. The number of nitrogens with one attached hydrogen (secondary N) is 2. The number of anilines is 2. The molecule has 3 rings (SSSR count). The van der Waals surface area contributed by atoms with Gasteiger partial charge in [-0.15, -0.1) is 11.3 Å². The van der Waals surface area contributed by atoms with Crippen LogP contribution in [0, 0.1) is 6.92 Å². The second-order valence-electron chi connectivity index (χ2n) is 6.43. The highest BCUT2D eigenvalue weighted by Crippen LogP contribution is 2.32. The molecular formula is C18H14ClF3N4O3S2. The predicted octanol–water partition coefficient (Wildman–Crippen LogP) is 4.81. The van der Waals surface area contributed by atoms with Crippen LogP contribution in [0.25, 0.3) is 11.4 Å². The number of carbonyl (C=O) groups is 1. The fourth-order valence-electron chi connectivity index (χ4n) is 2.56. The van der Waals surface area contributed by atoms with Gasteiger partial charge in [-0.2, -0.15) is 13.2 Å². The van der Waals surface area contributed by atoms with Crippen LogP contribution in [0.4, 0.5) is 24.5 Å². The Hall–Kier alpha value is -2.70. The number of alkyl halides is 3. The largest absolute Gasteiger partial charge is 0.419 e. The van der Waals surface area contributed by atoms with Gasteiger partial charge in [0.1, 0.15) is 0 Å². The molecule has 0 aliphatic heterocycles. The molecule has 0 spiro atoms. The van der Waals surface area contributed by atoms with Crippen LogP contribution in [-0.4, -0.2) is 30.5 Å². The Balaban J connectivity index is 1.83. The van der Waals surface area contributed by atoms with Gasteiger partial charge in [0.15, 0.2) is 5.82 Å². The lowest BCUT2D eigenvalue weighted by Crippen LogP contribution is -2.12. The van der Waals surface area contributed by atoms with Crippen LogP contribution < -0.4 is 10.0 Å². The van der Waals surface area contributed by atoms with Crippen LogP contribution in [0.3, 0.4) is 0 Å². The van der Waals surface area contributed by atoms with Crippen LogP contribution in [-0.2, 0) is 16.2 Å². The Morgan fingerprint density at radius 2 is 1.71 bits per heavy atom. The van der Waals surface area contributed by atoms with Gasteiger partial charge < -0.3 is 5.32 Å². The molecule has 0 saturated carbocycles. The van der Waals surface area contributed by atoms with E-state index in [9.17, 15) is 26.4 Å². The molecule has 0 atom stereocenters. The number of halogens is 4. The Morgan fingerprint density at radius 1 is 1.10 bits per heavy atom. The van der Waals surface area contributed by atoms with Crippen molar-refractivity contribution >= 4 is 50.2 Å².